The fraction of sp³-hybridized carbons (Fsp3) is 0.455. The van der Waals surface area contributed by atoms with Gasteiger partial charge in [0.05, 0.1) is 0 Å². The molecular weight excluding hydrogens is 165 g/mol. The monoisotopic (exact) mass is 181 g/mol. The molecule has 0 bridgehead atoms. The van der Waals surface area contributed by atoms with E-state index in [9.17, 15) is 4.39 Å². The quantitative estimate of drug-likeness (QED) is 0.761. The van der Waals surface area contributed by atoms with Crippen molar-refractivity contribution >= 4 is 0 Å². The fourth-order valence-corrected chi connectivity index (χ4v) is 1.32. The molecular formula is C11H16FN. The molecule has 0 aliphatic rings. The SMILES string of the molecule is CC(C)Cc1ccc(CN)cc1F. The first-order valence-electron chi connectivity index (χ1n) is 4.61. The number of rotatable bonds is 3. The Kier molecular flexibility index (Phi) is 3.43. The van der Waals surface area contributed by atoms with Crippen molar-refractivity contribution in [2.75, 3.05) is 0 Å². The van der Waals surface area contributed by atoms with E-state index in [1.165, 1.54) is 6.07 Å². The minimum Gasteiger partial charge on any atom is -0.326 e. The molecule has 2 heteroatoms. The van der Waals surface area contributed by atoms with E-state index in [0.717, 1.165) is 17.5 Å². The zero-order chi connectivity index (χ0) is 9.84. The van der Waals surface area contributed by atoms with E-state index in [1.807, 2.05) is 12.1 Å². The fourth-order valence-electron chi connectivity index (χ4n) is 1.32. The third-order valence-electron chi connectivity index (χ3n) is 1.98. The van der Waals surface area contributed by atoms with Gasteiger partial charge in [0, 0.05) is 6.54 Å². The van der Waals surface area contributed by atoms with Gasteiger partial charge in [-0.2, -0.15) is 0 Å². The zero-order valence-corrected chi connectivity index (χ0v) is 8.18. The lowest BCUT2D eigenvalue weighted by molar-refractivity contribution is 0.572. The van der Waals surface area contributed by atoms with Crippen LogP contribution in [0.15, 0.2) is 18.2 Å². The minimum atomic E-state index is -0.128. The van der Waals surface area contributed by atoms with Gasteiger partial charge in [0.25, 0.3) is 0 Å². The van der Waals surface area contributed by atoms with Crippen LogP contribution in [0.25, 0.3) is 0 Å². The van der Waals surface area contributed by atoms with Crippen LogP contribution in [0, 0.1) is 11.7 Å². The van der Waals surface area contributed by atoms with Crippen LogP contribution in [-0.2, 0) is 13.0 Å². The van der Waals surface area contributed by atoms with Crippen molar-refractivity contribution in [3.8, 4) is 0 Å². The van der Waals surface area contributed by atoms with E-state index < -0.39 is 0 Å². The molecule has 1 aromatic rings. The molecule has 0 spiro atoms. The summed E-state index contributed by atoms with van der Waals surface area (Å²) < 4.78 is 13.3. The summed E-state index contributed by atoms with van der Waals surface area (Å²) in [5.41, 5.74) is 7.04. The Hall–Kier alpha value is -0.890. The summed E-state index contributed by atoms with van der Waals surface area (Å²) in [7, 11) is 0. The predicted molar refractivity (Wildman–Crippen MR) is 52.8 cm³/mol. The molecule has 0 aliphatic carbocycles. The number of nitrogens with two attached hydrogens (primary N) is 1. The maximum atomic E-state index is 13.3. The van der Waals surface area contributed by atoms with Crippen LogP contribution in [0.3, 0.4) is 0 Å². The molecule has 72 valence electrons. The Labute approximate surface area is 78.8 Å². The van der Waals surface area contributed by atoms with Crippen molar-refractivity contribution in [1.82, 2.24) is 0 Å². The van der Waals surface area contributed by atoms with Gasteiger partial charge in [-0.3, -0.25) is 0 Å². The van der Waals surface area contributed by atoms with Crippen LogP contribution < -0.4 is 5.73 Å². The summed E-state index contributed by atoms with van der Waals surface area (Å²) in [6, 6.07) is 5.25. The highest BCUT2D eigenvalue weighted by Crippen LogP contribution is 2.14. The summed E-state index contributed by atoms with van der Waals surface area (Å²) >= 11 is 0. The van der Waals surface area contributed by atoms with E-state index in [0.29, 0.717) is 12.5 Å². The van der Waals surface area contributed by atoms with Gasteiger partial charge in [0.15, 0.2) is 0 Å². The molecule has 0 heterocycles. The lowest BCUT2D eigenvalue weighted by Gasteiger charge is -2.07. The molecule has 0 atom stereocenters. The van der Waals surface area contributed by atoms with Gasteiger partial charge < -0.3 is 5.73 Å². The van der Waals surface area contributed by atoms with Gasteiger partial charge >= 0.3 is 0 Å². The average Bonchev–Trinajstić information content (AvgIpc) is 2.08. The molecule has 0 saturated heterocycles. The van der Waals surface area contributed by atoms with Crippen LogP contribution in [0.5, 0.6) is 0 Å². The molecule has 0 aliphatic heterocycles. The van der Waals surface area contributed by atoms with E-state index in [-0.39, 0.29) is 5.82 Å². The first-order chi connectivity index (χ1) is 6.13. The third-order valence-corrected chi connectivity index (χ3v) is 1.98. The maximum absolute atomic E-state index is 13.3. The minimum absolute atomic E-state index is 0.128. The molecule has 0 fully saturated rings. The second-order valence-electron chi connectivity index (χ2n) is 3.73. The Bertz CT molecular complexity index is 281. The van der Waals surface area contributed by atoms with E-state index in [1.54, 1.807) is 0 Å². The second-order valence-corrected chi connectivity index (χ2v) is 3.73. The number of hydrogen-bond donors (Lipinski definition) is 1. The van der Waals surface area contributed by atoms with Crippen molar-refractivity contribution < 1.29 is 4.39 Å². The molecule has 0 radical (unpaired) electrons. The lowest BCUT2D eigenvalue weighted by atomic mass is 10.0. The molecule has 1 aromatic carbocycles. The second kappa shape index (κ2) is 4.38. The molecule has 0 unspecified atom stereocenters. The van der Waals surface area contributed by atoms with Crippen molar-refractivity contribution in [3.05, 3.63) is 35.1 Å². The largest absolute Gasteiger partial charge is 0.326 e. The molecule has 2 N–H and O–H groups in total. The third kappa shape index (κ3) is 2.81. The van der Waals surface area contributed by atoms with Gasteiger partial charge in [-0.1, -0.05) is 26.0 Å². The van der Waals surface area contributed by atoms with Crippen LogP contribution in [0.2, 0.25) is 0 Å². The first-order valence-corrected chi connectivity index (χ1v) is 4.61. The van der Waals surface area contributed by atoms with Crippen molar-refractivity contribution in [2.45, 2.75) is 26.8 Å². The summed E-state index contributed by atoms with van der Waals surface area (Å²) in [5.74, 6) is 0.356. The Balaban J connectivity index is 2.85. The maximum Gasteiger partial charge on any atom is 0.126 e. The van der Waals surface area contributed by atoms with Crippen molar-refractivity contribution in [3.63, 3.8) is 0 Å². The summed E-state index contributed by atoms with van der Waals surface area (Å²) in [6.45, 7) is 4.56. The standard InChI is InChI=1S/C11H16FN/c1-8(2)5-10-4-3-9(7-13)6-11(10)12/h3-4,6,8H,5,7,13H2,1-2H3. The van der Waals surface area contributed by atoms with E-state index >= 15 is 0 Å². The number of halogens is 1. The van der Waals surface area contributed by atoms with Crippen molar-refractivity contribution in [2.24, 2.45) is 11.7 Å². The Morgan fingerprint density at radius 2 is 2.08 bits per heavy atom. The van der Waals surface area contributed by atoms with E-state index in [4.69, 9.17) is 5.73 Å². The average molecular weight is 181 g/mol. The smallest absolute Gasteiger partial charge is 0.126 e. The van der Waals surface area contributed by atoms with Gasteiger partial charge in [-0.25, -0.2) is 4.39 Å². The Morgan fingerprint density at radius 1 is 1.38 bits per heavy atom. The van der Waals surface area contributed by atoms with Gasteiger partial charge in [0.1, 0.15) is 5.82 Å². The summed E-state index contributed by atoms with van der Waals surface area (Å²) in [4.78, 5) is 0. The summed E-state index contributed by atoms with van der Waals surface area (Å²) in [5, 5.41) is 0. The van der Waals surface area contributed by atoms with E-state index in [2.05, 4.69) is 13.8 Å². The van der Waals surface area contributed by atoms with Gasteiger partial charge in [0.2, 0.25) is 0 Å². The van der Waals surface area contributed by atoms with Crippen LogP contribution in [-0.4, -0.2) is 0 Å². The lowest BCUT2D eigenvalue weighted by Crippen LogP contribution is -2.01. The van der Waals surface area contributed by atoms with Crippen LogP contribution >= 0.6 is 0 Å². The molecule has 1 rings (SSSR count). The topological polar surface area (TPSA) is 26.0 Å². The van der Waals surface area contributed by atoms with Crippen LogP contribution in [0.4, 0.5) is 4.39 Å². The molecule has 13 heavy (non-hydrogen) atoms. The van der Waals surface area contributed by atoms with Crippen LogP contribution in [0.1, 0.15) is 25.0 Å². The van der Waals surface area contributed by atoms with Crippen molar-refractivity contribution in [1.29, 1.82) is 0 Å². The van der Waals surface area contributed by atoms with Gasteiger partial charge in [-0.05, 0) is 29.5 Å². The highest BCUT2D eigenvalue weighted by Gasteiger charge is 2.04. The number of hydrogen-bond acceptors (Lipinski definition) is 1. The highest BCUT2D eigenvalue weighted by atomic mass is 19.1. The molecule has 0 amide bonds. The normalized spacial score (nSPS) is 10.8. The summed E-state index contributed by atoms with van der Waals surface area (Å²) in [6.07, 6.45) is 0.788. The first kappa shape index (κ1) is 10.2. The highest BCUT2D eigenvalue weighted by molar-refractivity contribution is 5.24. The Morgan fingerprint density at radius 3 is 2.54 bits per heavy atom. The predicted octanol–water partition coefficient (Wildman–Crippen LogP) is 2.48. The zero-order valence-electron chi connectivity index (χ0n) is 8.18. The number of benzene rings is 1. The molecule has 0 aromatic heterocycles. The molecule has 1 nitrogen and oxygen atoms in total. The molecule has 0 saturated carbocycles. The van der Waals surface area contributed by atoms with Gasteiger partial charge in [-0.15, -0.1) is 0 Å².